The van der Waals surface area contributed by atoms with Crippen molar-refractivity contribution in [2.24, 2.45) is 0 Å². The normalized spacial score (nSPS) is 11.0. The Morgan fingerprint density at radius 3 is 2.75 bits per heavy atom. The Bertz CT molecular complexity index is 880. The first-order valence-corrected chi connectivity index (χ1v) is 7.25. The maximum atomic E-state index is 11.8. The largest absolute Gasteiger partial charge is 0.347 e. The number of rotatable bonds is 5. The van der Waals surface area contributed by atoms with Gasteiger partial charge in [-0.3, -0.25) is 14.9 Å². The van der Waals surface area contributed by atoms with E-state index in [4.69, 9.17) is 0 Å². The number of hydrogen-bond acceptors (Lipinski definition) is 4. The van der Waals surface area contributed by atoms with E-state index in [1.54, 1.807) is 22.7 Å². The standard InChI is InChI=1S/C17H14N4O3/c22-17(9-6-13-4-7-15(8-5-13)21(23)24)18-12-14-11-16-3-1-2-10-20(16)19-14/h1-11H,12H2,(H,18,22)/b9-6+. The summed E-state index contributed by atoms with van der Waals surface area (Å²) in [4.78, 5) is 22.0. The Morgan fingerprint density at radius 1 is 1.25 bits per heavy atom. The Labute approximate surface area is 137 Å². The number of nitro benzene ring substituents is 1. The molecule has 24 heavy (non-hydrogen) atoms. The van der Waals surface area contributed by atoms with Crippen LogP contribution in [0.4, 0.5) is 5.69 Å². The summed E-state index contributed by atoms with van der Waals surface area (Å²) in [5.74, 6) is -0.259. The molecular formula is C17H14N4O3. The van der Waals surface area contributed by atoms with Crippen LogP contribution in [0.5, 0.6) is 0 Å². The van der Waals surface area contributed by atoms with E-state index in [0.717, 1.165) is 11.2 Å². The second-order valence-corrected chi connectivity index (χ2v) is 5.11. The van der Waals surface area contributed by atoms with Gasteiger partial charge in [-0.15, -0.1) is 0 Å². The average Bonchev–Trinajstić information content (AvgIpc) is 3.01. The number of aromatic nitrogens is 2. The van der Waals surface area contributed by atoms with Crippen LogP contribution >= 0.6 is 0 Å². The van der Waals surface area contributed by atoms with Gasteiger partial charge in [-0.05, 0) is 42.0 Å². The number of carbonyl (C=O) groups excluding carboxylic acids is 1. The molecule has 0 fully saturated rings. The van der Waals surface area contributed by atoms with Crippen LogP contribution < -0.4 is 5.32 Å². The second kappa shape index (κ2) is 6.74. The van der Waals surface area contributed by atoms with E-state index in [0.29, 0.717) is 12.1 Å². The van der Waals surface area contributed by atoms with Crippen LogP contribution in [0.2, 0.25) is 0 Å². The van der Waals surface area contributed by atoms with E-state index in [9.17, 15) is 14.9 Å². The monoisotopic (exact) mass is 322 g/mol. The number of fused-ring (bicyclic) bond motifs is 1. The van der Waals surface area contributed by atoms with Gasteiger partial charge in [0.1, 0.15) is 0 Å². The number of benzene rings is 1. The van der Waals surface area contributed by atoms with Gasteiger partial charge in [0.25, 0.3) is 5.69 Å². The minimum atomic E-state index is -0.463. The number of amides is 1. The van der Waals surface area contributed by atoms with Gasteiger partial charge in [0.05, 0.1) is 22.7 Å². The molecule has 0 radical (unpaired) electrons. The van der Waals surface area contributed by atoms with E-state index < -0.39 is 4.92 Å². The first-order valence-electron chi connectivity index (χ1n) is 7.25. The topological polar surface area (TPSA) is 89.5 Å². The van der Waals surface area contributed by atoms with Gasteiger partial charge in [0.15, 0.2) is 0 Å². The van der Waals surface area contributed by atoms with E-state index in [1.807, 2.05) is 30.5 Å². The van der Waals surface area contributed by atoms with Crippen LogP contribution in [0.25, 0.3) is 11.6 Å². The molecule has 2 heterocycles. The van der Waals surface area contributed by atoms with E-state index in [1.165, 1.54) is 18.2 Å². The highest BCUT2D eigenvalue weighted by atomic mass is 16.6. The van der Waals surface area contributed by atoms with Gasteiger partial charge in [-0.25, -0.2) is 4.52 Å². The molecule has 2 aromatic heterocycles. The van der Waals surface area contributed by atoms with Crippen LogP contribution in [0, 0.1) is 10.1 Å². The highest BCUT2D eigenvalue weighted by Gasteiger charge is 2.04. The van der Waals surface area contributed by atoms with Crippen LogP contribution in [0.1, 0.15) is 11.3 Å². The maximum Gasteiger partial charge on any atom is 0.269 e. The molecule has 0 bridgehead atoms. The van der Waals surface area contributed by atoms with Crippen LogP contribution in [0.15, 0.2) is 60.8 Å². The molecule has 7 heteroatoms. The lowest BCUT2D eigenvalue weighted by Crippen LogP contribution is -2.20. The summed E-state index contributed by atoms with van der Waals surface area (Å²) in [5, 5.41) is 17.7. The molecule has 0 saturated carbocycles. The highest BCUT2D eigenvalue weighted by molar-refractivity contribution is 5.91. The van der Waals surface area contributed by atoms with Crippen molar-refractivity contribution < 1.29 is 9.72 Å². The third kappa shape index (κ3) is 3.64. The fraction of sp³-hybridized carbons (Fsp3) is 0.0588. The van der Waals surface area contributed by atoms with Gasteiger partial charge < -0.3 is 5.32 Å². The smallest absolute Gasteiger partial charge is 0.269 e. The fourth-order valence-corrected chi connectivity index (χ4v) is 2.19. The Morgan fingerprint density at radius 2 is 2.04 bits per heavy atom. The van der Waals surface area contributed by atoms with Crippen LogP contribution in [-0.2, 0) is 11.3 Å². The van der Waals surface area contributed by atoms with Crippen molar-refractivity contribution in [3.05, 3.63) is 82.2 Å². The zero-order valence-electron chi connectivity index (χ0n) is 12.6. The van der Waals surface area contributed by atoms with E-state index in [2.05, 4.69) is 10.4 Å². The lowest BCUT2D eigenvalue weighted by atomic mass is 10.2. The fourth-order valence-electron chi connectivity index (χ4n) is 2.19. The lowest BCUT2D eigenvalue weighted by Gasteiger charge is -1.98. The van der Waals surface area contributed by atoms with Crippen molar-refractivity contribution in [2.75, 3.05) is 0 Å². The molecule has 0 unspecified atom stereocenters. The number of non-ortho nitro benzene ring substituents is 1. The molecule has 0 spiro atoms. The molecule has 3 rings (SSSR count). The number of hydrogen-bond donors (Lipinski definition) is 1. The summed E-state index contributed by atoms with van der Waals surface area (Å²) >= 11 is 0. The molecule has 0 aliphatic heterocycles. The molecular weight excluding hydrogens is 308 g/mol. The zero-order valence-corrected chi connectivity index (χ0v) is 12.6. The lowest BCUT2D eigenvalue weighted by molar-refractivity contribution is -0.384. The summed E-state index contributed by atoms with van der Waals surface area (Å²) in [5.41, 5.74) is 2.45. The van der Waals surface area contributed by atoms with Crippen LogP contribution in [-0.4, -0.2) is 20.4 Å². The van der Waals surface area contributed by atoms with Crippen LogP contribution in [0.3, 0.4) is 0 Å². The molecule has 1 aromatic carbocycles. The number of nitrogens with zero attached hydrogens (tertiary/aromatic N) is 3. The quantitative estimate of drug-likeness (QED) is 0.444. The molecule has 1 amide bonds. The van der Waals surface area contributed by atoms with Crippen molar-refractivity contribution >= 4 is 23.2 Å². The van der Waals surface area contributed by atoms with Crippen molar-refractivity contribution in [2.45, 2.75) is 6.54 Å². The molecule has 0 atom stereocenters. The molecule has 1 N–H and O–H groups in total. The van der Waals surface area contributed by atoms with Gasteiger partial charge in [-0.1, -0.05) is 6.07 Å². The predicted octanol–water partition coefficient (Wildman–Crippen LogP) is 2.57. The molecule has 7 nitrogen and oxygen atoms in total. The number of pyridine rings is 1. The molecule has 0 aliphatic rings. The van der Waals surface area contributed by atoms with Crippen molar-refractivity contribution in [1.29, 1.82) is 0 Å². The van der Waals surface area contributed by atoms with Gasteiger partial charge in [0.2, 0.25) is 5.91 Å². The first kappa shape index (κ1) is 15.4. The molecule has 3 aromatic rings. The van der Waals surface area contributed by atoms with Crippen molar-refractivity contribution in [3.63, 3.8) is 0 Å². The summed E-state index contributed by atoms with van der Waals surface area (Å²) in [6.45, 7) is 0.325. The van der Waals surface area contributed by atoms with Gasteiger partial charge in [-0.2, -0.15) is 5.10 Å². The summed E-state index contributed by atoms with van der Waals surface area (Å²) < 4.78 is 1.74. The SMILES string of the molecule is O=C(/C=C/c1ccc([N+](=O)[O-])cc1)NCc1cc2ccccn2n1. The average molecular weight is 322 g/mol. The third-order valence-electron chi connectivity index (χ3n) is 3.40. The number of carbonyl (C=O) groups is 1. The van der Waals surface area contributed by atoms with E-state index >= 15 is 0 Å². The predicted molar refractivity (Wildman–Crippen MR) is 89.2 cm³/mol. The highest BCUT2D eigenvalue weighted by Crippen LogP contribution is 2.12. The number of nitrogens with one attached hydrogen (secondary N) is 1. The third-order valence-corrected chi connectivity index (χ3v) is 3.40. The second-order valence-electron chi connectivity index (χ2n) is 5.11. The minimum absolute atomic E-state index is 0.0171. The zero-order chi connectivity index (χ0) is 16.9. The summed E-state index contributed by atoms with van der Waals surface area (Å²) in [7, 11) is 0. The number of nitro groups is 1. The minimum Gasteiger partial charge on any atom is -0.347 e. The molecule has 0 aliphatic carbocycles. The Hall–Kier alpha value is -3.48. The van der Waals surface area contributed by atoms with Crippen molar-refractivity contribution in [1.82, 2.24) is 14.9 Å². The first-order chi connectivity index (χ1) is 11.6. The molecule has 120 valence electrons. The van der Waals surface area contributed by atoms with Gasteiger partial charge >= 0.3 is 0 Å². The van der Waals surface area contributed by atoms with Gasteiger partial charge in [0, 0.05) is 24.4 Å². The summed E-state index contributed by atoms with van der Waals surface area (Å²) in [6.07, 6.45) is 4.83. The molecule has 0 saturated heterocycles. The maximum absolute atomic E-state index is 11.8. The van der Waals surface area contributed by atoms with E-state index in [-0.39, 0.29) is 11.6 Å². The Kier molecular flexibility index (Phi) is 4.33. The summed E-state index contributed by atoms with van der Waals surface area (Å²) in [6, 6.07) is 13.6. The van der Waals surface area contributed by atoms with Crippen molar-refractivity contribution in [3.8, 4) is 0 Å². The Balaban J connectivity index is 1.57.